The van der Waals surface area contributed by atoms with Crippen LogP contribution in [-0.4, -0.2) is 33.0 Å². The molecule has 6 heteroatoms. The van der Waals surface area contributed by atoms with Crippen LogP contribution >= 0.6 is 11.3 Å². The molecule has 0 bridgehead atoms. The minimum Gasteiger partial charge on any atom is -0.476 e. The fraction of sp³-hybridized carbons (Fsp3) is 0.538. The Morgan fingerprint density at radius 2 is 2.26 bits per heavy atom. The molecular formula is C13H15N3O2S. The summed E-state index contributed by atoms with van der Waals surface area (Å²) in [6.45, 7) is 0.968. The molecule has 5 nitrogen and oxygen atoms in total. The lowest BCUT2D eigenvalue weighted by molar-refractivity contribution is 0.0690. The molecule has 0 spiro atoms. The molecule has 0 saturated heterocycles. The van der Waals surface area contributed by atoms with Gasteiger partial charge in [-0.25, -0.2) is 9.78 Å². The van der Waals surface area contributed by atoms with Crippen molar-refractivity contribution in [2.24, 2.45) is 5.92 Å². The van der Waals surface area contributed by atoms with E-state index in [-0.39, 0.29) is 0 Å². The molecule has 0 aromatic carbocycles. The maximum Gasteiger partial charge on any atom is 0.356 e. The summed E-state index contributed by atoms with van der Waals surface area (Å²) in [7, 11) is 0. The molecular weight excluding hydrogens is 262 g/mol. The van der Waals surface area contributed by atoms with E-state index in [1.165, 1.54) is 24.2 Å². The lowest BCUT2D eigenvalue weighted by Gasteiger charge is -2.22. The second-order valence-electron chi connectivity index (χ2n) is 5.47. The molecule has 1 N–H and O–H groups in total. The zero-order valence-electron chi connectivity index (χ0n) is 10.5. The van der Waals surface area contributed by atoms with Gasteiger partial charge in [0.15, 0.2) is 16.5 Å². The number of imidazole rings is 1. The van der Waals surface area contributed by atoms with Gasteiger partial charge in [-0.1, -0.05) is 0 Å². The lowest BCUT2D eigenvalue weighted by atomic mass is 10.3. The molecule has 0 unspecified atom stereocenters. The van der Waals surface area contributed by atoms with Crippen LogP contribution in [-0.2, 0) is 0 Å². The normalized spacial score (nSPS) is 18.9. The van der Waals surface area contributed by atoms with Crippen LogP contribution in [0.2, 0.25) is 0 Å². The molecule has 2 aromatic heterocycles. The maximum atomic E-state index is 11.6. The van der Waals surface area contributed by atoms with Crippen LogP contribution in [0.25, 0.3) is 4.96 Å². The molecule has 2 heterocycles. The van der Waals surface area contributed by atoms with Crippen LogP contribution in [0, 0.1) is 5.92 Å². The molecule has 19 heavy (non-hydrogen) atoms. The summed E-state index contributed by atoms with van der Waals surface area (Å²) in [6.07, 6.45) is 6.66. The Bertz CT molecular complexity index is 639. The topological polar surface area (TPSA) is 57.8 Å². The molecule has 0 radical (unpaired) electrons. The standard InChI is InChI=1S/C13H15N3O2S/c17-12(18)10-11(14-13-15(10)5-6-19-13)16(9-3-4-9)7-8-1-2-8/h5-6,8-9H,1-4,7H2,(H,17,18). The Balaban J connectivity index is 1.80. The van der Waals surface area contributed by atoms with Crippen LogP contribution in [0.5, 0.6) is 0 Å². The van der Waals surface area contributed by atoms with Crippen molar-refractivity contribution in [2.75, 3.05) is 11.4 Å². The summed E-state index contributed by atoms with van der Waals surface area (Å²) >= 11 is 1.49. The van der Waals surface area contributed by atoms with E-state index in [0.717, 1.165) is 30.3 Å². The van der Waals surface area contributed by atoms with Crippen LogP contribution in [0.15, 0.2) is 11.6 Å². The average Bonchev–Trinajstić information content (AvgIpc) is 3.25. The Labute approximate surface area is 114 Å². The highest BCUT2D eigenvalue weighted by Crippen LogP contribution is 2.39. The van der Waals surface area contributed by atoms with E-state index in [0.29, 0.717) is 17.6 Å². The number of thiazole rings is 1. The predicted molar refractivity (Wildman–Crippen MR) is 73.1 cm³/mol. The molecule has 4 rings (SSSR count). The van der Waals surface area contributed by atoms with E-state index >= 15 is 0 Å². The van der Waals surface area contributed by atoms with E-state index < -0.39 is 5.97 Å². The maximum absolute atomic E-state index is 11.6. The van der Waals surface area contributed by atoms with Gasteiger partial charge in [-0.2, -0.15) is 0 Å². The Morgan fingerprint density at radius 1 is 1.47 bits per heavy atom. The molecule has 0 atom stereocenters. The van der Waals surface area contributed by atoms with Gasteiger partial charge in [0, 0.05) is 24.2 Å². The molecule has 2 saturated carbocycles. The van der Waals surface area contributed by atoms with E-state index in [1.54, 1.807) is 10.6 Å². The number of nitrogens with zero attached hydrogens (tertiary/aromatic N) is 3. The second kappa shape index (κ2) is 3.96. The van der Waals surface area contributed by atoms with E-state index in [4.69, 9.17) is 0 Å². The zero-order valence-corrected chi connectivity index (χ0v) is 11.3. The van der Waals surface area contributed by atoms with Crippen molar-refractivity contribution in [2.45, 2.75) is 31.7 Å². The van der Waals surface area contributed by atoms with E-state index in [2.05, 4.69) is 9.88 Å². The highest BCUT2D eigenvalue weighted by Gasteiger charge is 2.37. The first-order chi connectivity index (χ1) is 9.24. The fourth-order valence-electron chi connectivity index (χ4n) is 2.55. The number of carboxylic acid groups (broad SMARTS) is 1. The minimum atomic E-state index is -0.887. The van der Waals surface area contributed by atoms with Crippen molar-refractivity contribution in [1.29, 1.82) is 0 Å². The number of hydrogen-bond donors (Lipinski definition) is 1. The predicted octanol–water partition coefficient (Wildman–Crippen LogP) is 2.47. The SMILES string of the molecule is O=C(O)c1c(N(CC2CC2)C2CC2)nc2sccn12. The monoisotopic (exact) mass is 277 g/mol. The van der Waals surface area contributed by atoms with E-state index in [9.17, 15) is 9.90 Å². The van der Waals surface area contributed by atoms with Gasteiger partial charge in [-0.15, -0.1) is 11.3 Å². The van der Waals surface area contributed by atoms with Crippen molar-refractivity contribution in [3.8, 4) is 0 Å². The van der Waals surface area contributed by atoms with Gasteiger partial charge < -0.3 is 10.0 Å². The summed E-state index contributed by atoms with van der Waals surface area (Å²) in [5.41, 5.74) is 0.323. The van der Waals surface area contributed by atoms with Gasteiger partial charge >= 0.3 is 5.97 Å². The molecule has 2 aliphatic rings. The third kappa shape index (κ3) is 1.90. The summed E-state index contributed by atoms with van der Waals surface area (Å²) < 4.78 is 1.70. The fourth-order valence-corrected chi connectivity index (χ4v) is 3.26. The smallest absolute Gasteiger partial charge is 0.356 e. The van der Waals surface area contributed by atoms with Crippen molar-refractivity contribution >= 4 is 28.1 Å². The average molecular weight is 277 g/mol. The van der Waals surface area contributed by atoms with Gasteiger partial charge in [-0.05, 0) is 31.6 Å². The highest BCUT2D eigenvalue weighted by molar-refractivity contribution is 7.15. The zero-order chi connectivity index (χ0) is 13.0. The van der Waals surface area contributed by atoms with Crippen molar-refractivity contribution in [3.05, 3.63) is 17.3 Å². The minimum absolute atomic E-state index is 0.323. The number of rotatable bonds is 5. The number of hydrogen-bond acceptors (Lipinski definition) is 4. The number of anilines is 1. The van der Waals surface area contributed by atoms with Gasteiger partial charge in [0.2, 0.25) is 0 Å². The van der Waals surface area contributed by atoms with Crippen LogP contribution < -0.4 is 4.90 Å². The largest absolute Gasteiger partial charge is 0.476 e. The van der Waals surface area contributed by atoms with Crippen LogP contribution in [0.1, 0.15) is 36.2 Å². The lowest BCUT2D eigenvalue weighted by Crippen LogP contribution is -2.30. The molecule has 2 aromatic rings. The first-order valence-electron chi connectivity index (χ1n) is 6.69. The highest BCUT2D eigenvalue weighted by atomic mass is 32.1. The van der Waals surface area contributed by atoms with Crippen molar-refractivity contribution in [3.63, 3.8) is 0 Å². The van der Waals surface area contributed by atoms with E-state index in [1.807, 2.05) is 5.38 Å². The third-order valence-corrected chi connectivity index (χ3v) is 4.61. The van der Waals surface area contributed by atoms with Gasteiger partial charge in [-0.3, -0.25) is 4.40 Å². The summed E-state index contributed by atoms with van der Waals surface area (Å²) in [5, 5.41) is 11.4. The Morgan fingerprint density at radius 3 is 2.89 bits per heavy atom. The van der Waals surface area contributed by atoms with Crippen LogP contribution in [0.3, 0.4) is 0 Å². The van der Waals surface area contributed by atoms with Gasteiger partial charge in [0.25, 0.3) is 0 Å². The summed E-state index contributed by atoms with van der Waals surface area (Å²) in [5.74, 6) is 0.526. The second-order valence-corrected chi connectivity index (χ2v) is 6.34. The first kappa shape index (κ1) is 11.3. The van der Waals surface area contributed by atoms with Gasteiger partial charge in [0.05, 0.1) is 0 Å². The van der Waals surface area contributed by atoms with Gasteiger partial charge in [0.1, 0.15) is 0 Å². The molecule has 0 amide bonds. The molecule has 2 aliphatic carbocycles. The Kier molecular flexibility index (Phi) is 2.35. The molecule has 0 aliphatic heterocycles. The summed E-state index contributed by atoms with van der Waals surface area (Å²) in [4.78, 5) is 19.1. The van der Waals surface area contributed by atoms with Crippen LogP contribution in [0.4, 0.5) is 5.82 Å². The number of aromatic carboxylic acids is 1. The first-order valence-corrected chi connectivity index (χ1v) is 7.57. The Hall–Kier alpha value is -1.56. The molecule has 100 valence electrons. The number of carboxylic acids is 1. The molecule has 2 fully saturated rings. The number of aromatic nitrogens is 2. The third-order valence-electron chi connectivity index (χ3n) is 3.86. The number of carbonyl (C=O) groups is 1. The van der Waals surface area contributed by atoms with Crippen molar-refractivity contribution < 1.29 is 9.90 Å². The number of fused-ring (bicyclic) bond motifs is 1. The summed E-state index contributed by atoms with van der Waals surface area (Å²) in [6, 6.07) is 0.503. The van der Waals surface area contributed by atoms with Crippen molar-refractivity contribution in [1.82, 2.24) is 9.38 Å². The quantitative estimate of drug-likeness (QED) is 0.912.